The molecule has 0 aromatic heterocycles. The van der Waals surface area contributed by atoms with Crippen molar-refractivity contribution in [3.05, 3.63) is 27.2 Å². The highest BCUT2D eigenvalue weighted by atomic mass is 79.9. The Morgan fingerprint density at radius 2 is 2.22 bits per heavy atom. The second-order valence-electron chi connectivity index (χ2n) is 4.36. The highest BCUT2D eigenvalue weighted by Crippen LogP contribution is 2.34. The van der Waals surface area contributed by atoms with Crippen LogP contribution in [0.25, 0.3) is 0 Å². The lowest BCUT2D eigenvalue weighted by atomic mass is 10.1. The number of amides is 2. The zero-order valence-corrected chi connectivity index (χ0v) is 12.1. The Balaban J connectivity index is 2.35. The van der Waals surface area contributed by atoms with Gasteiger partial charge in [0.15, 0.2) is 0 Å². The number of hydrogen-bond donors (Lipinski definition) is 1. The van der Waals surface area contributed by atoms with Crippen LogP contribution in [0, 0.1) is 12.8 Å². The van der Waals surface area contributed by atoms with E-state index in [1.165, 1.54) is 0 Å². The fraction of sp³-hybridized carbons (Fsp3) is 0.333. The van der Waals surface area contributed by atoms with Gasteiger partial charge in [0.2, 0.25) is 11.8 Å². The molecule has 0 spiro atoms. The van der Waals surface area contributed by atoms with Crippen LogP contribution in [0.2, 0.25) is 5.02 Å². The van der Waals surface area contributed by atoms with Crippen molar-refractivity contribution >= 4 is 45.0 Å². The van der Waals surface area contributed by atoms with Crippen LogP contribution in [0.5, 0.6) is 0 Å². The first kappa shape index (κ1) is 13.4. The Morgan fingerprint density at radius 3 is 2.78 bits per heavy atom. The molecular formula is C12H12BrClN2O2. The fourth-order valence-corrected chi connectivity index (χ4v) is 2.67. The van der Waals surface area contributed by atoms with E-state index >= 15 is 0 Å². The van der Waals surface area contributed by atoms with Crippen molar-refractivity contribution in [1.82, 2.24) is 0 Å². The smallest absolute Gasteiger partial charge is 0.227 e. The topological polar surface area (TPSA) is 63.4 Å². The highest BCUT2D eigenvalue weighted by Gasteiger charge is 2.34. The number of benzene rings is 1. The van der Waals surface area contributed by atoms with Gasteiger partial charge < -0.3 is 10.6 Å². The van der Waals surface area contributed by atoms with E-state index in [-0.39, 0.29) is 12.3 Å². The van der Waals surface area contributed by atoms with Crippen molar-refractivity contribution in [2.75, 3.05) is 11.4 Å². The van der Waals surface area contributed by atoms with Gasteiger partial charge in [0.1, 0.15) is 0 Å². The summed E-state index contributed by atoms with van der Waals surface area (Å²) in [6.07, 6.45) is 0.169. The van der Waals surface area contributed by atoms with Gasteiger partial charge in [0, 0.05) is 23.1 Å². The molecular weight excluding hydrogens is 320 g/mol. The second-order valence-corrected chi connectivity index (χ2v) is 5.62. The molecule has 0 saturated carbocycles. The summed E-state index contributed by atoms with van der Waals surface area (Å²) < 4.78 is 0.781. The molecule has 96 valence electrons. The van der Waals surface area contributed by atoms with E-state index in [1.54, 1.807) is 11.0 Å². The standard InChI is InChI=1S/C12H12BrClN2O2/c1-6-2-8(13)9(14)4-10(6)16-5-7(12(15)18)3-11(16)17/h2,4,7H,3,5H2,1H3,(H2,15,18). The fourth-order valence-electron chi connectivity index (χ4n) is 2.06. The first-order valence-corrected chi connectivity index (χ1v) is 6.62. The van der Waals surface area contributed by atoms with E-state index in [0.717, 1.165) is 15.7 Å². The van der Waals surface area contributed by atoms with Gasteiger partial charge >= 0.3 is 0 Å². The maximum atomic E-state index is 11.9. The van der Waals surface area contributed by atoms with Crippen LogP contribution in [-0.2, 0) is 9.59 Å². The molecule has 1 aliphatic rings. The maximum Gasteiger partial charge on any atom is 0.227 e. The van der Waals surface area contributed by atoms with Crippen molar-refractivity contribution in [2.45, 2.75) is 13.3 Å². The average molecular weight is 332 g/mol. The van der Waals surface area contributed by atoms with Crippen molar-refractivity contribution in [2.24, 2.45) is 11.7 Å². The molecule has 0 aliphatic carbocycles. The van der Waals surface area contributed by atoms with E-state index in [1.807, 2.05) is 13.0 Å². The third-order valence-corrected chi connectivity index (χ3v) is 4.25. The Bertz CT molecular complexity index is 533. The molecule has 1 saturated heterocycles. The zero-order valence-electron chi connectivity index (χ0n) is 9.74. The summed E-state index contributed by atoms with van der Waals surface area (Å²) in [7, 11) is 0. The number of carbonyl (C=O) groups excluding carboxylic acids is 2. The summed E-state index contributed by atoms with van der Waals surface area (Å²) >= 11 is 9.36. The van der Waals surface area contributed by atoms with Crippen LogP contribution in [0.4, 0.5) is 5.69 Å². The molecule has 1 heterocycles. The van der Waals surface area contributed by atoms with Crippen molar-refractivity contribution in [3.63, 3.8) is 0 Å². The minimum atomic E-state index is -0.438. The predicted octanol–water partition coefficient (Wildman–Crippen LogP) is 2.25. The van der Waals surface area contributed by atoms with Crippen LogP contribution in [0.1, 0.15) is 12.0 Å². The van der Waals surface area contributed by atoms with Gasteiger partial charge in [-0.1, -0.05) is 11.6 Å². The molecule has 1 fully saturated rings. The number of primary amides is 1. The molecule has 4 nitrogen and oxygen atoms in total. The Hall–Kier alpha value is -1.07. The molecule has 2 N–H and O–H groups in total. The van der Waals surface area contributed by atoms with Gasteiger partial charge in [-0.05, 0) is 40.5 Å². The minimum Gasteiger partial charge on any atom is -0.369 e. The van der Waals surface area contributed by atoms with E-state index < -0.39 is 11.8 Å². The van der Waals surface area contributed by atoms with Crippen LogP contribution in [-0.4, -0.2) is 18.4 Å². The van der Waals surface area contributed by atoms with Crippen LogP contribution < -0.4 is 10.6 Å². The number of rotatable bonds is 2. The molecule has 1 aliphatic heterocycles. The molecule has 1 unspecified atom stereocenters. The Labute approximate surface area is 118 Å². The van der Waals surface area contributed by atoms with Crippen molar-refractivity contribution in [1.29, 1.82) is 0 Å². The predicted molar refractivity (Wildman–Crippen MR) is 73.5 cm³/mol. The average Bonchev–Trinajstić information content (AvgIpc) is 2.66. The molecule has 2 amide bonds. The van der Waals surface area contributed by atoms with Crippen LogP contribution >= 0.6 is 27.5 Å². The summed E-state index contributed by atoms with van der Waals surface area (Å²) in [5.74, 6) is -0.952. The molecule has 0 radical (unpaired) electrons. The van der Waals surface area contributed by atoms with E-state index in [9.17, 15) is 9.59 Å². The SMILES string of the molecule is Cc1cc(Br)c(Cl)cc1N1CC(C(N)=O)CC1=O. The van der Waals surface area contributed by atoms with Gasteiger partial charge in [0.05, 0.1) is 10.9 Å². The first-order valence-electron chi connectivity index (χ1n) is 5.45. The van der Waals surface area contributed by atoms with Gasteiger partial charge in [0.25, 0.3) is 0 Å². The number of halogens is 2. The van der Waals surface area contributed by atoms with E-state index in [0.29, 0.717) is 11.6 Å². The first-order chi connectivity index (χ1) is 8.40. The summed E-state index contributed by atoms with van der Waals surface area (Å²) in [5, 5.41) is 0.533. The normalized spacial score (nSPS) is 19.4. The highest BCUT2D eigenvalue weighted by molar-refractivity contribution is 9.10. The van der Waals surface area contributed by atoms with Gasteiger partial charge in [-0.2, -0.15) is 0 Å². The summed E-state index contributed by atoms with van der Waals surface area (Å²) in [4.78, 5) is 24.6. The van der Waals surface area contributed by atoms with Crippen molar-refractivity contribution < 1.29 is 9.59 Å². The Kier molecular flexibility index (Phi) is 3.64. The third-order valence-electron chi connectivity index (χ3n) is 3.06. The monoisotopic (exact) mass is 330 g/mol. The summed E-state index contributed by atoms with van der Waals surface area (Å²) in [5.41, 5.74) is 6.90. The molecule has 1 atom stereocenters. The molecule has 18 heavy (non-hydrogen) atoms. The molecule has 1 aromatic rings. The largest absolute Gasteiger partial charge is 0.369 e. The van der Waals surface area contributed by atoms with Crippen LogP contribution in [0.15, 0.2) is 16.6 Å². The molecule has 1 aromatic carbocycles. The van der Waals surface area contributed by atoms with E-state index in [2.05, 4.69) is 15.9 Å². The molecule has 2 rings (SSSR count). The molecule has 6 heteroatoms. The number of hydrogen-bond acceptors (Lipinski definition) is 2. The van der Waals surface area contributed by atoms with Gasteiger partial charge in [-0.25, -0.2) is 0 Å². The van der Waals surface area contributed by atoms with Crippen LogP contribution in [0.3, 0.4) is 0 Å². The quantitative estimate of drug-likeness (QED) is 0.903. The minimum absolute atomic E-state index is 0.0970. The number of nitrogens with zero attached hydrogens (tertiary/aromatic N) is 1. The Morgan fingerprint density at radius 1 is 1.56 bits per heavy atom. The number of aryl methyl sites for hydroxylation is 1. The zero-order chi connectivity index (χ0) is 13.4. The number of nitrogens with two attached hydrogens (primary N) is 1. The third kappa shape index (κ3) is 2.37. The second kappa shape index (κ2) is 4.90. The number of carbonyl (C=O) groups is 2. The van der Waals surface area contributed by atoms with Gasteiger partial charge in [-0.3, -0.25) is 9.59 Å². The number of anilines is 1. The van der Waals surface area contributed by atoms with Crippen molar-refractivity contribution in [3.8, 4) is 0 Å². The summed E-state index contributed by atoms with van der Waals surface area (Å²) in [6, 6.07) is 3.57. The van der Waals surface area contributed by atoms with E-state index in [4.69, 9.17) is 17.3 Å². The maximum absolute atomic E-state index is 11.9. The van der Waals surface area contributed by atoms with Gasteiger partial charge in [-0.15, -0.1) is 0 Å². The lowest BCUT2D eigenvalue weighted by molar-refractivity contribution is -0.123. The lowest BCUT2D eigenvalue weighted by Crippen LogP contribution is -2.28. The summed E-state index contributed by atoms with van der Waals surface area (Å²) in [6.45, 7) is 2.22. The lowest BCUT2D eigenvalue weighted by Gasteiger charge is -2.19. The molecule has 0 bridgehead atoms.